The van der Waals surface area contributed by atoms with Crippen LogP contribution in [0.25, 0.3) is 10.4 Å². The van der Waals surface area contributed by atoms with E-state index in [4.69, 9.17) is 0 Å². The lowest BCUT2D eigenvalue weighted by atomic mass is 9.91. The molecule has 28 heavy (non-hydrogen) atoms. The summed E-state index contributed by atoms with van der Waals surface area (Å²) in [4.78, 5) is 26.4. The Hall–Kier alpha value is -2.32. The van der Waals surface area contributed by atoms with E-state index in [-0.39, 0.29) is 28.9 Å². The lowest BCUT2D eigenvalue weighted by molar-refractivity contribution is -0.119. The zero-order chi connectivity index (χ0) is 20.4. The third-order valence-corrected chi connectivity index (χ3v) is 6.13. The van der Waals surface area contributed by atoms with Crippen molar-refractivity contribution in [3.63, 3.8) is 0 Å². The van der Waals surface area contributed by atoms with Crippen molar-refractivity contribution in [1.82, 2.24) is 0 Å². The maximum Gasteiger partial charge on any atom is 0.348 e. The lowest BCUT2D eigenvalue weighted by Crippen LogP contribution is -2.43. The molecule has 1 fully saturated rings. The van der Waals surface area contributed by atoms with E-state index in [1.807, 2.05) is 0 Å². The van der Waals surface area contributed by atoms with Gasteiger partial charge < -0.3 is 15.1 Å². The Bertz CT molecular complexity index is 890. The normalized spacial score (nSPS) is 19.4. The molecule has 1 aliphatic carbocycles. The number of nitrogens with zero attached hydrogens (tertiary/aromatic N) is 1. The average Bonchev–Trinajstić information content (AvgIpc) is 3.10. The molecule has 1 aromatic heterocycles. The van der Waals surface area contributed by atoms with Crippen molar-refractivity contribution >= 4 is 28.9 Å². The van der Waals surface area contributed by atoms with Gasteiger partial charge in [0.25, 0.3) is 0 Å². The first-order chi connectivity index (χ1) is 13.3. The third kappa shape index (κ3) is 4.07. The Morgan fingerprint density at radius 1 is 1.14 bits per heavy atom. The topological polar surface area (TPSA) is 77.8 Å². The van der Waals surface area contributed by atoms with Crippen LogP contribution in [0.4, 0.5) is 14.5 Å². The SMILES string of the molecule is CCC(=O)N(c1cc(-c2ccc(F)c(F)c2)sc1C(=O)O)C1CCC(O)CC1. The number of aromatic carboxylic acids is 1. The van der Waals surface area contributed by atoms with Crippen molar-refractivity contribution in [2.24, 2.45) is 0 Å². The van der Waals surface area contributed by atoms with Crippen LogP contribution in [-0.4, -0.2) is 34.2 Å². The second-order valence-corrected chi connectivity index (χ2v) is 7.89. The minimum Gasteiger partial charge on any atom is -0.477 e. The Morgan fingerprint density at radius 3 is 2.39 bits per heavy atom. The van der Waals surface area contributed by atoms with E-state index in [9.17, 15) is 28.6 Å². The van der Waals surface area contributed by atoms with Crippen molar-refractivity contribution < 1.29 is 28.6 Å². The fourth-order valence-electron chi connectivity index (χ4n) is 3.53. The molecule has 1 amide bonds. The fourth-order valence-corrected chi connectivity index (χ4v) is 4.51. The molecule has 2 N–H and O–H groups in total. The summed E-state index contributed by atoms with van der Waals surface area (Å²) < 4.78 is 26.9. The first-order valence-electron chi connectivity index (χ1n) is 9.14. The molecule has 5 nitrogen and oxygen atoms in total. The van der Waals surface area contributed by atoms with Gasteiger partial charge in [0.2, 0.25) is 5.91 Å². The van der Waals surface area contributed by atoms with E-state index < -0.39 is 23.7 Å². The molecule has 3 rings (SSSR count). The van der Waals surface area contributed by atoms with Crippen molar-refractivity contribution in [2.45, 2.75) is 51.2 Å². The van der Waals surface area contributed by atoms with E-state index >= 15 is 0 Å². The predicted molar refractivity (Wildman–Crippen MR) is 103 cm³/mol. The van der Waals surface area contributed by atoms with Crippen LogP contribution in [0.3, 0.4) is 0 Å². The van der Waals surface area contributed by atoms with Crippen molar-refractivity contribution in [3.8, 4) is 10.4 Å². The molecule has 0 atom stereocenters. The zero-order valence-electron chi connectivity index (χ0n) is 15.3. The Labute approximate surface area is 165 Å². The number of carboxylic acids is 1. The lowest BCUT2D eigenvalue weighted by Gasteiger charge is -2.35. The molecule has 1 aromatic carbocycles. The van der Waals surface area contributed by atoms with Crippen LogP contribution in [0.5, 0.6) is 0 Å². The van der Waals surface area contributed by atoms with Crippen LogP contribution in [0.15, 0.2) is 24.3 Å². The third-order valence-electron chi connectivity index (χ3n) is 4.97. The van der Waals surface area contributed by atoms with Crippen LogP contribution in [0, 0.1) is 11.6 Å². The van der Waals surface area contributed by atoms with Crippen LogP contribution >= 0.6 is 11.3 Å². The molecule has 8 heteroatoms. The van der Waals surface area contributed by atoms with Crippen LogP contribution in [0.1, 0.15) is 48.7 Å². The average molecular weight is 409 g/mol. The molecule has 1 aliphatic rings. The van der Waals surface area contributed by atoms with E-state index in [1.54, 1.807) is 13.0 Å². The first kappa shape index (κ1) is 20.4. The maximum absolute atomic E-state index is 13.6. The summed E-state index contributed by atoms with van der Waals surface area (Å²) in [6.45, 7) is 1.70. The van der Waals surface area contributed by atoms with Crippen LogP contribution < -0.4 is 4.90 Å². The monoisotopic (exact) mass is 409 g/mol. The Morgan fingerprint density at radius 2 is 1.82 bits per heavy atom. The number of benzene rings is 1. The molecular formula is C20H21F2NO4S. The molecule has 0 spiro atoms. The number of carboxylic acid groups (broad SMARTS) is 1. The van der Waals surface area contributed by atoms with Gasteiger partial charge in [0.15, 0.2) is 11.6 Å². The quantitative estimate of drug-likeness (QED) is 0.765. The smallest absolute Gasteiger partial charge is 0.348 e. The zero-order valence-corrected chi connectivity index (χ0v) is 16.1. The second-order valence-electron chi connectivity index (χ2n) is 6.84. The number of rotatable bonds is 5. The number of halogens is 2. The highest BCUT2D eigenvalue weighted by atomic mass is 32.1. The van der Waals surface area contributed by atoms with E-state index in [0.717, 1.165) is 23.5 Å². The molecule has 0 radical (unpaired) electrons. The molecule has 1 heterocycles. The van der Waals surface area contributed by atoms with Crippen LogP contribution in [0.2, 0.25) is 0 Å². The maximum atomic E-state index is 13.6. The largest absolute Gasteiger partial charge is 0.477 e. The highest BCUT2D eigenvalue weighted by molar-refractivity contribution is 7.18. The molecular weight excluding hydrogens is 388 g/mol. The number of amides is 1. The van der Waals surface area contributed by atoms with Gasteiger partial charge in [0.05, 0.1) is 11.8 Å². The van der Waals surface area contributed by atoms with Gasteiger partial charge in [0.1, 0.15) is 4.88 Å². The minimum atomic E-state index is -1.18. The molecule has 2 aromatic rings. The highest BCUT2D eigenvalue weighted by Gasteiger charge is 2.32. The van der Waals surface area contributed by atoms with Gasteiger partial charge in [0, 0.05) is 17.3 Å². The number of carbonyl (C=O) groups excluding carboxylic acids is 1. The molecule has 0 unspecified atom stereocenters. The van der Waals surface area contributed by atoms with E-state index in [0.29, 0.717) is 36.1 Å². The van der Waals surface area contributed by atoms with Gasteiger partial charge in [-0.25, -0.2) is 13.6 Å². The number of aliphatic hydroxyl groups is 1. The summed E-state index contributed by atoms with van der Waals surface area (Å²) in [5.41, 5.74) is 0.617. The summed E-state index contributed by atoms with van der Waals surface area (Å²) in [6, 6.07) is 4.73. The number of carbonyl (C=O) groups is 2. The Kier molecular flexibility index (Phi) is 6.10. The van der Waals surface area contributed by atoms with Crippen molar-refractivity contribution in [1.29, 1.82) is 0 Å². The van der Waals surface area contributed by atoms with Crippen molar-refractivity contribution in [3.05, 3.63) is 40.8 Å². The number of anilines is 1. The van der Waals surface area contributed by atoms with Gasteiger partial charge in [-0.15, -0.1) is 11.3 Å². The molecule has 0 aliphatic heterocycles. The first-order valence-corrected chi connectivity index (χ1v) is 9.96. The fraction of sp³-hybridized carbons (Fsp3) is 0.400. The van der Waals surface area contributed by atoms with E-state index in [1.165, 1.54) is 11.0 Å². The molecule has 1 saturated carbocycles. The number of hydrogen-bond acceptors (Lipinski definition) is 4. The highest BCUT2D eigenvalue weighted by Crippen LogP contribution is 2.40. The van der Waals surface area contributed by atoms with E-state index in [2.05, 4.69) is 0 Å². The summed E-state index contributed by atoms with van der Waals surface area (Å²) in [6.07, 6.45) is 2.02. The minimum absolute atomic E-state index is 0.0207. The van der Waals surface area contributed by atoms with Crippen LogP contribution in [-0.2, 0) is 4.79 Å². The predicted octanol–water partition coefficient (Wildman–Crippen LogP) is 4.44. The van der Waals surface area contributed by atoms with Gasteiger partial charge in [-0.3, -0.25) is 4.79 Å². The molecule has 0 bridgehead atoms. The Balaban J connectivity index is 2.06. The molecule has 150 valence electrons. The van der Waals surface area contributed by atoms with Gasteiger partial charge in [-0.05, 0) is 49.4 Å². The number of aliphatic hydroxyl groups excluding tert-OH is 1. The summed E-state index contributed by atoms with van der Waals surface area (Å²) >= 11 is 0.924. The number of hydrogen-bond donors (Lipinski definition) is 2. The van der Waals surface area contributed by atoms with Gasteiger partial charge >= 0.3 is 5.97 Å². The number of thiophene rings is 1. The second kappa shape index (κ2) is 8.36. The summed E-state index contributed by atoms with van der Waals surface area (Å²) in [5, 5.41) is 19.4. The van der Waals surface area contributed by atoms with Crippen molar-refractivity contribution in [2.75, 3.05) is 4.90 Å². The standard InChI is InChI=1S/C20H21F2NO4S/c1-2-18(25)23(12-4-6-13(24)7-5-12)16-10-17(28-19(16)20(26)27)11-3-8-14(21)15(22)9-11/h3,8-10,12-13,24H,2,4-7H2,1H3,(H,26,27). The summed E-state index contributed by atoms with van der Waals surface area (Å²) in [7, 11) is 0. The van der Waals surface area contributed by atoms with Gasteiger partial charge in [-0.2, -0.15) is 0 Å². The van der Waals surface area contributed by atoms with Gasteiger partial charge in [-0.1, -0.05) is 13.0 Å². The summed E-state index contributed by atoms with van der Waals surface area (Å²) in [5.74, 6) is -3.40. The molecule has 0 saturated heterocycles.